The third-order valence-corrected chi connectivity index (χ3v) is 10.0. The highest BCUT2D eigenvalue weighted by atomic mass is 19.2. The van der Waals surface area contributed by atoms with Crippen LogP contribution < -0.4 is 4.74 Å². The van der Waals surface area contributed by atoms with Crippen molar-refractivity contribution in [2.75, 3.05) is 0 Å². The molecule has 38 heavy (non-hydrogen) atoms. The summed E-state index contributed by atoms with van der Waals surface area (Å²) in [5.74, 6) is 0.640. The van der Waals surface area contributed by atoms with Crippen LogP contribution in [0.2, 0.25) is 0 Å². The summed E-state index contributed by atoms with van der Waals surface area (Å²) in [6, 6.07) is 6.58. The number of rotatable bonds is 8. The van der Waals surface area contributed by atoms with E-state index in [4.69, 9.17) is 4.74 Å². The van der Waals surface area contributed by atoms with E-state index in [0.717, 1.165) is 37.5 Å². The Hall–Kier alpha value is -1.97. The van der Waals surface area contributed by atoms with Gasteiger partial charge in [-0.15, -0.1) is 0 Å². The Labute approximate surface area is 227 Å². The van der Waals surface area contributed by atoms with Crippen LogP contribution in [0, 0.1) is 41.1 Å². The predicted octanol–water partition coefficient (Wildman–Crippen LogP) is 10.2. The first-order valence-electron chi connectivity index (χ1n) is 15.4. The number of aryl methyl sites for hydroxylation is 2. The molecule has 2 saturated carbocycles. The van der Waals surface area contributed by atoms with E-state index in [1.807, 2.05) is 0 Å². The van der Waals surface area contributed by atoms with E-state index < -0.39 is 11.6 Å². The zero-order valence-corrected chi connectivity index (χ0v) is 23.3. The lowest BCUT2D eigenvalue weighted by molar-refractivity contribution is 0.0717. The summed E-state index contributed by atoms with van der Waals surface area (Å²) in [5, 5.41) is 0. The molecule has 2 fully saturated rings. The van der Waals surface area contributed by atoms with Crippen LogP contribution >= 0.6 is 0 Å². The summed E-state index contributed by atoms with van der Waals surface area (Å²) < 4.78 is 51.7. The van der Waals surface area contributed by atoms with Gasteiger partial charge in [-0.1, -0.05) is 83.8 Å². The van der Waals surface area contributed by atoms with Gasteiger partial charge in [-0.2, -0.15) is 4.39 Å². The third kappa shape index (κ3) is 6.10. The molecule has 3 aliphatic rings. The van der Waals surface area contributed by atoms with E-state index in [0.29, 0.717) is 41.4 Å². The first kappa shape index (κ1) is 27.6. The minimum Gasteiger partial charge on any atom is -0.487 e. The summed E-state index contributed by atoms with van der Waals surface area (Å²) >= 11 is 0. The molecule has 2 aromatic rings. The highest BCUT2D eigenvalue weighted by molar-refractivity contribution is 5.67. The molecule has 4 heteroatoms. The van der Waals surface area contributed by atoms with Gasteiger partial charge in [0.25, 0.3) is 0 Å². The molecule has 2 aromatic carbocycles. The minimum absolute atomic E-state index is 0.0431. The molecule has 0 amide bonds. The van der Waals surface area contributed by atoms with Crippen molar-refractivity contribution in [3.8, 4) is 16.9 Å². The van der Waals surface area contributed by atoms with Crippen molar-refractivity contribution in [1.29, 1.82) is 0 Å². The van der Waals surface area contributed by atoms with Crippen LogP contribution in [0.3, 0.4) is 0 Å². The van der Waals surface area contributed by atoms with E-state index in [1.165, 1.54) is 63.9 Å². The van der Waals surface area contributed by atoms with Gasteiger partial charge < -0.3 is 4.74 Å². The van der Waals surface area contributed by atoms with Gasteiger partial charge in [0.15, 0.2) is 11.6 Å². The monoisotopic (exact) mass is 526 g/mol. The molecule has 1 unspecified atom stereocenters. The van der Waals surface area contributed by atoms with Crippen molar-refractivity contribution in [3.05, 3.63) is 52.8 Å². The molecule has 0 aromatic heterocycles. The maximum Gasteiger partial charge on any atom is 0.201 e. The van der Waals surface area contributed by atoms with Gasteiger partial charge in [0.2, 0.25) is 5.82 Å². The van der Waals surface area contributed by atoms with E-state index in [1.54, 1.807) is 18.2 Å². The van der Waals surface area contributed by atoms with Crippen LogP contribution in [-0.2, 0) is 12.8 Å². The van der Waals surface area contributed by atoms with Crippen LogP contribution in [0.15, 0.2) is 24.3 Å². The number of hydrogen-bond donors (Lipinski definition) is 0. The maximum absolute atomic E-state index is 15.3. The molecule has 1 nitrogen and oxygen atoms in total. The van der Waals surface area contributed by atoms with Crippen molar-refractivity contribution in [2.45, 2.75) is 116 Å². The average molecular weight is 527 g/mol. The second-order valence-corrected chi connectivity index (χ2v) is 12.4. The van der Waals surface area contributed by atoms with Crippen molar-refractivity contribution in [1.82, 2.24) is 0 Å². The third-order valence-electron chi connectivity index (χ3n) is 10.0. The van der Waals surface area contributed by atoms with Crippen LogP contribution in [0.4, 0.5) is 13.2 Å². The number of fused-ring (bicyclic) bond motifs is 1. The predicted molar refractivity (Wildman–Crippen MR) is 149 cm³/mol. The van der Waals surface area contributed by atoms with Crippen molar-refractivity contribution < 1.29 is 17.9 Å². The zero-order valence-electron chi connectivity index (χ0n) is 23.3. The first-order chi connectivity index (χ1) is 18.5. The molecule has 1 aliphatic heterocycles. The molecule has 0 N–H and O–H groups in total. The molecule has 5 rings (SSSR count). The second kappa shape index (κ2) is 12.5. The van der Waals surface area contributed by atoms with E-state index in [2.05, 4.69) is 13.8 Å². The molecule has 2 aliphatic carbocycles. The summed E-state index contributed by atoms with van der Waals surface area (Å²) in [4.78, 5) is 0. The summed E-state index contributed by atoms with van der Waals surface area (Å²) in [6.45, 7) is 4.50. The fraction of sp³-hybridized carbons (Fsp3) is 0.647. The average Bonchev–Trinajstić information content (AvgIpc) is 2.95. The Morgan fingerprint density at radius 2 is 1.45 bits per heavy atom. The van der Waals surface area contributed by atoms with Gasteiger partial charge in [-0.05, 0) is 91.0 Å². The lowest BCUT2D eigenvalue weighted by atomic mass is 9.77. The summed E-state index contributed by atoms with van der Waals surface area (Å²) in [6.07, 6.45) is 16.6. The molecular formula is C34H45F3O. The molecule has 0 bridgehead atoms. The van der Waals surface area contributed by atoms with Gasteiger partial charge in [0.1, 0.15) is 11.9 Å². The minimum atomic E-state index is -0.935. The molecule has 0 radical (unpaired) electrons. The van der Waals surface area contributed by atoms with Gasteiger partial charge in [0, 0.05) is 5.56 Å². The van der Waals surface area contributed by atoms with E-state index in [9.17, 15) is 0 Å². The smallest absolute Gasteiger partial charge is 0.201 e. The largest absolute Gasteiger partial charge is 0.487 e. The summed E-state index contributed by atoms with van der Waals surface area (Å²) in [5.41, 5.74) is 1.89. The van der Waals surface area contributed by atoms with Crippen LogP contribution in [0.1, 0.15) is 108 Å². The van der Waals surface area contributed by atoms with Crippen LogP contribution in [0.5, 0.6) is 5.75 Å². The zero-order chi connectivity index (χ0) is 26.6. The normalized spacial score (nSPS) is 27.6. The molecule has 1 atom stereocenters. The van der Waals surface area contributed by atoms with Gasteiger partial charge in [-0.3, -0.25) is 0 Å². The molecule has 208 valence electrons. The van der Waals surface area contributed by atoms with E-state index in [-0.39, 0.29) is 23.2 Å². The number of hydrogen-bond acceptors (Lipinski definition) is 1. The number of halogens is 3. The quantitative estimate of drug-likeness (QED) is 0.332. The molecule has 1 heterocycles. The lowest BCUT2D eigenvalue weighted by Crippen LogP contribution is -2.34. The van der Waals surface area contributed by atoms with E-state index >= 15 is 13.2 Å². The van der Waals surface area contributed by atoms with Gasteiger partial charge in [-0.25, -0.2) is 8.78 Å². The van der Waals surface area contributed by atoms with Crippen LogP contribution in [-0.4, -0.2) is 6.10 Å². The van der Waals surface area contributed by atoms with Crippen molar-refractivity contribution in [2.24, 2.45) is 23.7 Å². The van der Waals surface area contributed by atoms with Crippen molar-refractivity contribution in [3.63, 3.8) is 0 Å². The SMILES string of the molecule is CCCC1CCC(CCc2ccc(-c3cc4c(c(F)c3F)OC(C3CCC(CC)CC3)CC4)cc2F)CC1. The Balaban J connectivity index is 1.24. The highest BCUT2D eigenvalue weighted by Crippen LogP contribution is 2.42. The molecule has 0 spiro atoms. The lowest BCUT2D eigenvalue weighted by Gasteiger charge is -2.36. The second-order valence-electron chi connectivity index (χ2n) is 12.4. The molecular weight excluding hydrogens is 481 g/mol. The Morgan fingerprint density at radius 3 is 2.11 bits per heavy atom. The van der Waals surface area contributed by atoms with Gasteiger partial charge >= 0.3 is 0 Å². The van der Waals surface area contributed by atoms with Gasteiger partial charge in [0.05, 0.1) is 0 Å². The maximum atomic E-state index is 15.3. The highest BCUT2D eigenvalue weighted by Gasteiger charge is 2.34. The Kier molecular flexibility index (Phi) is 9.06. The molecule has 0 saturated heterocycles. The number of ether oxygens (including phenoxy) is 1. The fourth-order valence-corrected chi connectivity index (χ4v) is 7.49. The topological polar surface area (TPSA) is 9.23 Å². The standard InChI is InChI=1S/C34H45F3O/c1-3-5-23-6-8-24(9-7-23)12-13-25-16-17-27(21-30(25)35)29-20-28-18-19-31(38-34(28)33(37)32(29)36)26-14-10-22(4-2)11-15-26/h16-17,20-24,26,31H,3-15,18-19H2,1-2H3. The Morgan fingerprint density at radius 1 is 0.763 bits per heavy atom. The Bertz CT molecular complexity index is 1080. The number of benzene rings is 2. The summed E-state index contributed by atoms with van der Waals surface area (Å²) in [7, 11) is 0. The first-order valence-corrected chi connectivity index (χ1v) is 15.4. The van der Waals surface area contributed by atoms with Crippen molar-refractivity contribution >= 4 is 0 Å². The fourth-order valence-electron chi connectivity index (χ4n) is 7.49. The van der Waals surface area contributed by atoms with Crippen LogP contribution in [0.25, 0.3) is 11.1 Å².